The van der Waals surface area contributed by atoms with Crippen LogP contribution >= 0.6 is 0 Å². The first-order valence-corrected chi connectivity index (χ1v) is 10.6. The van der Waals surface area contributed by atoms with Crippen molar-refractivity contribution in [1.29, 1.82) is 0 Å². The molecule has 0 spiro atoms. The third-order valence-electron chi connectivity index (χ3n) is 8.37. The lowest BCUT2D eigenvalue weighted by Gasteiger charge is -2.56. The molecule has 6 atom stereocenters. The fourth-order valence-corrected chi connectivity index (χ4v) is 7.04. The van der Waals surface area contributed by atoms with E-state index in [1.165, 1.54) is 11.1 Å². The molecule has 0 aromatic heterocycles. The number of aromatic hydroxyl groups is 1. The maximum absolute atomic E-state index is 12.0. The van der Waals surface area contributed by atoms with E-state index in [2.05, 4.69) is 25.1 Å². The summed E-state index contributed by atoms with van der Waals surface area (Å²) in [5, 5.41) is 21.9. The van der Waals surface area contributed by atoms with Gasteiger partial charge in [0.25, 0.3) is 0 Å². The number of phenolic OH excluding ortho intramolecular Hbond substituents is 1. The highest BCUT2D eigenvalue weighted by atomic mass is 16.5. The molecule has 0 radical (unpaired) electrons. The summed E-state index contributed by atoms with van der Waals surface area (Å²) in [6.45, 7) is 2.30. The van der Waals surface area contributed by atoms with Gasteiger partial charge < -0.3 is 14.9 Å². The average Bonchev–Trinajstić information content (AvgIpc) is 2.99. The van der Waals surface area contributed by atoms with Crippen molar-refractivity contribution in [1.82, 2.24) is 0 Å². The summed E-state index contributed by atoms with van der Waals surface area (Å²) in [7, 11) is 1.82. The normalized spacial score (nSPS) is 39.1. The van der Waals surface area contributed by atoms with E-state index < -0.39 is 5.60 Å². The molecule has 2 N–H and O–H groups in total. The van der Waals surface area contributed by atoms with Crippen molar-refractivity contribution >= 4 is 0 Å². The lowest BCUT2D eigenvalue weighted by molar-refractivity contribution is -0.145. The van der Waals surface area contributed by atoms with E-state index in [1.54, 1.807) is 0 Å². The number of rotatable bonds is 2. The number of aryl methyl sites for hydroxylation is 1. The van der Waals surface area contributed by atoms with Crippen molar-refractivity contribution in [3.63, 3.8) is 0 Å². The van der Waals surface area contributed by atoms with Crippen LogP contribution in [0.5, 0.6) is 5.75 Å². The van der Waals surface area contributed by atoms with Crippen LogP contribution in [-0.2, 0) is 16.8 Å². The molecule has 3 aliphatic carbocycles. The average molecular weight is 379 g/mol. The molecule has 3 aliphatic rings. The predicted molar refractivity (Wildman–Crippen MR) is 109 cm³/mol. The second-order valence-corrected chi connectivity index (χ2v) is 9.38. The molecule has 5 rings (SSSR count). The van der Waals surface area contributed by atoms with Gasteiger partial charge in [-0.3, -0.25) is 0 Å². The van der Waals surface area contributed by atoms with Crippen LogP contribution in [0.15, 0.2) is 48.5 Å². The van der Waals surface area contributed by atoms with Crippen LogP contribution in [0.1, 0.15) is 55.2 Å². The molecule has 3 nitrogen and oxygen atoms in total. The molecule has 148 valence electrons. The molecule has 28 heavy (non-hydrogen) atoms. The highest BCUT2D eigenvalue weighted by molar-refractivity contribution is 5.41. The van der Waals surface area contributed by atoms with Crippen molar-refractivity contribution in [2.24, 2.45) is 17.3 Å². The van der Waals surface area contributed by atoms with Gasteiger partial charge >= 0.3 is 0 Å². The Hall–Kier alpha value is -1.84. The highest BCUT2D eigenvalue weighted by Crippen LogP contribution is 2.67. The number of hydrogen-bond donors (Lipinski definition) is 2. The molecular weight excluding hydrogens is 348 g/mol. The topological polar surface area (TPSA) is 49.7 Å². The second-order valence-electron chi connectivity index (χ2n) is 9.38. The van der Waals surface area contributed by atoms with E-state index in [0.717, 1.165) is 37.7 Å². The van der Waals surface area contributed by atoms with E-state index in [9.17, 15) is 10.2 Å². The minimum Gasteiger partial charge on any atom is -0.508 e. The van der Waals surface area contributed by atoms with Gasteiger partial charge in [-0.1, -0.05) is 43.3 Å². The van der Waals surface area contributed by atoms with Crippen LogP contribution in [0.4, 0.5) is 0 Å². The van der Waals surface area contributed by atoms with E-state index >= 15 is 0 Å². The number of ether oxygens (including phenoxy) is 1. The zero-order chi connectivity index (χ0) is 19.5. The molecule has 2 aromatic carbocycles. The Labute approximate surface area is 167 Å². The Morgan fingerprint density at radius 2 is 1.86 bits per heavy atom. The van der Waals surface area contributed by atoms with E-state index in [-0.39, 0.29) is 11.5 Å². The third kappa shape index (κ3) is 2.36. The molecule has 3 heteroatoms. The Balaban J connectivity index is 1.59. The van der Waals surface area contributed by atoms with Crippen LogP contribution in [0.2, 0.25) is 0 Å². The van der Waals surface area contributed by atoms with Gasteiger partial charge in [0.05, 0.1) is 11.7 Å². The van der Waals surface area contributed by atoms with Gasteiger partial charge in [0, 0.05) is 18.4 Å². The minimum atomic E-state index is -0.796. The standard InChI is InChI=1S/C25H30O3/c1-24-15-22(28-2)23-19-11-9-18(26)14-16(19)8-10-20(23)21(24)12-13-25(24,27)17-6-4-3-5-7-17/h3-7,9,11,14,20-23,26-27H,8,10,12-13,15H2,1-2H3/t20-,21-,22-,23+,24-,25+/m0/s1. The summed E-state index contributed by atoms with van der Waals surface area (Å²) in [6.07, 6.45) is 4.93. The van der Waals surface area contributed by atoms with E-state index in [0.29, 0.717) is 23.5 Å². The van der Waals surface area contributed by atoms with Crippen molar-refractivity contribution in [2.45, 2.75) is 56.7 Å². The molecular formula is C25H30O3. The summed E-state index contributed by atoms with van der Waals surface area (Å²) in [4.78, 5) is 0. The van der Waals surface area contributed by atoms with Crippen molar-refractivity contribution in [3.8, 4) is 5.75 Å². The smallest absolute Gasteiger partial charge is 0.115 e. The molecule has 0 heterocycles. The Bertz CT molecular complexity index is 879. The van der Waals surface area contributed by atoms with Crippen LogP contribution < -0.4 is 0 Å². The summed E-state index contributed by atoms with van der Waals surface area (Å²) >= 11 is 0. The molecule has 2 saturated carbocycles. The summed E-state index contributed by atoms with van der Waals surface area (Å²) in [5.41, 5.74) is 2.68. The molecule has 0 bridgehead atoms. The minimum absolute atomic E-state index is 0.0863. The molecule has 2 aromatic rings. The lowest BCUT2D eigenvalue weighted by atomic mass is 9.51. The number of methoxy groups -OCH3 is 1. The molecule has 0 unspecified atom stereocenters. The zero-order valence-electron chi connectivity index (χ0n) is 16.8. The fourth-order valence-electron chi connectivity index (χ4n) is 7.04. The SMILES string of the molecule is CO[C@H]1C[C@@]2(C)[C@@H](CC[C@@]2(O)c2ccccc2)[C@@H]2CCc3cc(O)ccc3[C@H]21. The summed E-state index contributed by atoms with van der Waals surface area (Å²) in [6, 6.07) is 16.1. The monoisotopic (exact) mass is 378 g/mol. The maximum atomic E-state index is 12.0. The van der Waals surface area contributed by atoms with Crippen LogP contribution in [0, 0.1) is 17.3 Å². The van der Waals surface area contributed by atoms with Gasteiger partial charge in [-0.15, -0.1) is 0 Å². The Morgan fingerprint density at radius 1 is 1.07 bits per heavy atom. The van der Waals surface area contributed by atoms with Gasteiger partial charge in [0.15, 0.2) is 0 Å². The third-order valence-corrected chi connectivity index (χ3v) is 8.37. The van der Waals surface area contributed by atoms with Gasteiger partial charge in [-0.2, -0.15) is 0 Å². The number of fused-ring (bicyclic) bond motifs is 5. The van der Waals surface area contributed by atoms with Gasteiger partial charge in [-0.25, -0.2) is 0 Å². The van der Waals surface area contributed by atoms with Gasteiger partial charge in [-0.05, 0) is 72.8 Å². The molecule has 0 aliphatic heterocycles. The highest BCUT2D eigenvalue weighted by Gasteiger charge is 2.64. The maximum Gasteiger partial charge on any atom is 0.115 e. The Morgan fingerprint density at radius 3 is 2.61 bits per heavy atom. The van der Waals surface area contributed by atoms with Gasteiger partial charge in [0.2, 0.25) is 0 Å². The fraction of sp³-hybridized carbons (Fsp3) is 0.520. The number of phenols is 1. The first-order chi connectivity index (χ1) is 13.5. The predicted octanol–water partition coefficient (Wildman–Crippen LogP) is 4.76. The zero-order valence-corrected chi connectivity index (χ0v) is 16.8. The van der Waals surface area contributed by atoms with E-state index in [4.69, 9.17) is 4.74 Å². The van der Waals surface area contributed by atoms with Crippen LogP contribution in [0.25, 0.3) is 0 Å². The number of benzene rings is 2. The number of hydrogen-bond acceptors (Lipinski definition) is 3. The Kier molecular flexibility index (Phi) is 4.12. The van der Waals surface area contributed by atoms with Gasteiger partial charge in [0.1, 0.15) is 5.75 Å². The van der Waals surface area contributed by atoms with E-state index in [1.807, 2.05) is 37.4 Å². The number of aliphatic hydroxyl groups is 1. The van der Waals surface area contributed by atoms with Crippen molar-refractivity contribution < 1.29 is 14.9 Å². The largest absolute Gasteiger partial charge is 0.508 e. The van der Waals surface area contributed by atoms with Crippen LogP contribution in [-0.4, -0.2) is 23.4 Å². The van der Waals surface area contributed by atoms with Crippen LogP contribution in [0.3, 0.4) is 0 Å². The molecule has 2 fully saturated rings. The first kappa shape index (κ1) is 18.2. The lowest BCUT2D eigenvalue weighted by Crippen LogP contribution is -2.54. The first-order valence-electron chi connectivity index (χ1n) is 10.6. The van der Waals surface area contributed by atoms with Crippen molar-refractivity contribution in [3.05, 3.63) is 65.2 Å². The molecule has 0 saturated heterocycles. The van der Waals surface area contributed by atoms with Crippen molar-refractivity contribution in [2.75, 3.05) is 7.11 Å². The quantitative estimate of drug-likeness (QED) is 0.792. The summed E-state index contributed by atoms with van der Waals surface area (Å²) < 4.78 is 6.08. The second kappa shape index (κ2) is 6.33. The summed E-state index contributed by atoms with van der Waals surface area (Å²) in [5.74, 6) is 1.70. The molecule has 0 amide bonds.